The smallest absolute Gasteiger partial charge is 0.173 e. The number of ether oxygens (including phenoxy) is 1. The first-order valence-electron chi connectivity index (χ1n) is 11.2. The highest BCUT2D eigenvalue weighted by atomic mass is 35.5. The molecule has 0 bridgehead atoms. The van der Waals surface area contributed by atoms with Gasteiger partial charge in [-0.25, -0.2) is 9.37 Å². The Morgan fingerprint density at radius 3 is 2.60 bits per heavy atom. The first-order chi connectivity index (χ1) is 17.0. The van der Waals surface area contributed by atoms with Crippen molar-refractivity contribution in [1.82, 2.24) is 9.55 Å². The quantitative estimate of drug-likeness (QED) is 0.226. The van der Waals surface area contributed by atoms with Gasteiger partial charge in [0.1, 0.15) is 11.6 Å². The van der Waals surface area contributed by atoms with E-state index in [1.54, 1.807) is 19.2 Å². The van der Waals surface area contributed by atoms with E-state index in [2.05, 4.69) is 10.6 Å². The number of rotatable bonds is 6. The third-order valence-corrected chi connectivity index (χ3v) is 8.15. The fourth-order valence-corrected chi connectivity index (χ4v) is 6.27. The number of benzene rings is 3. The molecule has 1 unspecified atom stereocenters. The number of thioether (sulfide) groups is 1. The molecule has 1 atom stereocenters. The van der Waals surface area contributed by atoms with Gasteiger partial charge in [-0.2, -0.15) is 0 Å². The molecule has 4 aromatic rings. The van der Waals surface area contributed by atoms with Crippen LogP contribution in [0.2, 0.25) is 15.1 Å². The molecule has 0 fully saturated rings. The number of aryl methyl sites for hydroxylation is 1. The molecule has 1 heterocycles. The zero-order valence-electron chi connectivity index (χ0n) is 18.9. The van der Waals surface area contributed by atoms with Crippen molar-refractivity contribution in [1.29, 1.82) is 0 Å². The number of aromatic nitrogens is 2. The third-order valence-electron chi connectivity index (χ3n) is 6.26. The molecule has 1 aromatic heterocycles. The van der Waals surface area contributed by atoms with Crippen LogP contribution in [0, 0.1) is 5.82 Å². The van der Waals surface area contributed by atoms with E-state index in [1.165, 1.54) is 17.8 Å². The number of fused-ring (bicyclic) bond motifs is 1. The lowest BCUT2D eigenvalue weighted by atomic mass is 9.84. The summed E-state index contributed by atoms with van der Waals surface area (Å²) in [6, 6.07) is 18.4. The molecule has 3 aromatic carbocycles. The predicted octanol–water partition coefficient (Wildman–Crippen LogP) is 8.74. The summed E-state index contributed by atoms with van der Waals surface area (Å²) in [5.74, 6) is 0.816. The Bertz CT molecular complexity index is 1350. The van der Waals surface area contributed by atoms with Crippen molar-refractivity contribution < 1.29 is 9.13 Å². The molecule has 1 aliphatic carbocycles. The molecule has 0 N–H and O–H groups in total. The van der Waals surface area contributed by atoms with Crippen molar-refractivity contribution >= 4 is 46.6 Å². The summed E-state index contributed by atoms with van der Waals surface area (Å²) >= 11 is 20.3. The van der Waals surface area contributed by atoms with Crippen LogP contribution in [-0.2, 0) is 12.2 Å². The molecular weight excluding hydrogens is 526 g/mol. The largest absolute Gasteiger partial charge is 0.495 e. The minimum atomic E-state index is -0.314. The number of methoxy groups -OCH3 is 1. The van der Waals surface area contributed by atoms with Crippen LogP contribution in [0.4, 0.5) is 4.39 Å². The van der Waals surface area contributed by atoms with Crippen molar-refractivity contribution in [3.8, 4) is 11.4 Å². The van der Waals surface area contributed by atoms with Gasteiger partial charge in [0.2, 0.25) is 0 Å². The van der Waals surface area contributed by atoms with E-state index in [0.717, 1.165) is 47.1 Å². The lowest BCUT2D eigenvalue weighted by Gasteiger charge is -2.26. The average Bonchev–Trinajstić information content (AvgIpc) is 3.23. The van der Waals surface area contributed by atoms with Crippen molar-refractivity contribution in [3.63, 3.8) is 0 Å². The van der Waals surface area contributed by atoms with Gasteiger partial charge in [0.15, 0.2) is 5.16 Å². The van der Waals surface area contributed by atoms with Crippen LogP contribution in [0.25, 0.3) is 5.69 Å². The maximum Gasteiger partial charge on any atom is 0.173 e. The first-order valence-corrected chi connectivity index (χ1v) is 13.3. The number of nitrogens with zero attached hydrogens (tertiary/aromatic N) is 2. The Balaban J connectivity index is 1.62. The fourth-order valence-electron chi connectivity index (χ4n) is 4.57. The van der Waals surface area contributed by atoms with Crippen LogP contribution >= 0.6 is 46.6 Å². The summed E-state index contributed by atoms with van der Waals surface area (Å²) in [6.45, 7) is 0. The van der Waals surface area contributed by atoms with Crippen LogP contribution in [-0.4, -0.2) is 16.7 Å². The Labute approximate surface area is 223 Å². The van der Waals surface area contributed by atoms with Crippen LogP contribution in [0.5, 0.6) is 5.75 Å². The van der Waals surface area contributed by atoms with Crippen LogP contribution in [0.3, 0.4) is 0 Å². The molecule has 0 saturated heterocycles. The molecule has 5 rings (SSSR count). The molecule has 0 amide bonds. The van der Waals surface area contributed by atoms with Crippen LogP contribution in [0.1, 0.15) is 41.3 Å². The second-order valence-electron chi connectivity index (χ2n) is 8.37. The molecule has 8 heteroatoms. The van der Waals surface area contributed by atoms with E-state index in [-0.39, 0.29) is 11.7 Å². The highest BCUT2D eigenvalue weighted by molar-refractivity contribution is 7.98. The Morgan fingerprint density at radius 1 is 1.06 bits per heavy atom. The van der Waals surface area contributed by atoms with E-state index >= 15 is 0 Å². The van der Waals surface area contributed by atoms with Gasteiger partial charge < -0.3 is 4.74 Å². The zero-order chi connectivity index (χ0) is 24.5. The second-order valence-corrected chi connectivity index (χ2v) is 10.6. The van der Waals surface area contributed by atoms with Gasteiger partial charge in [0.05, 0.1) is 23.5 Å². The van der Waals surface area contributed by atoms with E-state index in [9.17, 15) is 4.39 Å². The minimum absolute atomic E-state index is 0.111. The topological polar surface area (TPSA) is 27.1 Å². The van der Waals surface area contributed by atoms with E-state index in [1.807, 2.05) is 36.4 Å². The van der Waals surface area contributed by atoms with Gasteiger partial charge in [-0.05, 0) is 73.4 Å². The molecular formula is C27H22Cl3FN2OS. The molecule has 35 heavy (non-hydrogen) atoms. The van der Waals surface area contributed by atoms with E-state index < -0.39 is 0 Å². The van der Waals surface area contributed by atoms with Crippen molar-refractivity contribution in [2.45, 2.75) is 36.1 Å². The summed E-state index contributed by atoms with van der Waals surface area (Å²) in [7, 11) is 1.62. The Morgan fingerprint density at radius 2 is 1.86 bits per heavy atom. The van der Waals surface area contributed by atoms with Crippen molar-refractivity contribution in [2.75, 3.05) is 7.11 Å². The van der Waals surface area contributed by atoms with Gasteiger partial charge in [-0.15, -0.1) is 0 Å². The first kappa shape index (κ1) is 24.5. The van der Waals surface area contributed by atoms with Gasteiger partial charge in [0, 0.05) is 33.0 Å². The number of imidazole rings is 1. The molecule has 0 radical (unpaired) electrons. The number of hydrogen-bond acceptors (Lipinski definition) is 3. The molecule has 0 spiro atoms. The van der Waals surface area contributed by atoms with Crippen LogP contribution in [0.15, 0.2) is 65.8 Å². The van der Waals surface area contributed by atoms with Crippen molar-refractivity contribution in [3.05, 3.63) is 104 Å². The predicted molar refractivity (Wildman–Crippen MR) is 142 cm³/mol. The van der Waals surface area contributed by atoms with E-state index in [0.29, 0.717) is 32.1 Å². The molecule has 3 nitrogen and oxygen atoms in total. The third kappa shape index (κ3) is 4.92. The zero-order valence-corrected chi connectivity index (χ0v) is 22.0. The van der Waals surface area contributed by atoms with Crippen molar-refractivity contribution in [2.24, 2.45) is 0 Å². The molecule has 180 valence electrons. The summed E-state index contributed by atoms with van der Waals surface area (Å²) < 4.78 is 22.1. The molecule has 0 aliphatic heterocycles. The monoisotopic (exact) mass is 546 g/mol. The highest BCUT2D eigenvalue weighted by Crippen LogP contribution is 2.43. The standard InChI is InChI=1S/C27H22Cl3FN2OS/c1-34-25-14-16(8-13-22(25)30)19-4-2-7-24-26(19)33(18-11-9-17(28)10-12-18)27(32-24)35-15-20-21(29)5-3-6-23(20)31/h3,5-6,8-14,19H,2,4,7,15H2,1H3. The van der Waals surface area contributed by atoms with Crippen LogP contribution < -0.4 is 4.74 Å². The lowest BCUT2D eigenvalue weighted by molar-refractivity contribution is 0.414. The maximum atomic E-state index is 14.5. The van der Waals surface area contributed by atoms with Gasteiger partial charge in [-0.1, -0.05) is 58.7 Å². The number of hydrogen-bond donors (Lipinski definition) is 0. The normalized spacial score (nSPS) is 15.2. The number of halogens is 4. The van der Waals surface area contributed by atoms with Gasteiger partial charge in [0.25, 0.3) is 0 Å². The summed E-state index contributed by atoms with van der Waals surface area (Å²) in [5, 5.41) is 2.45. The lowest BCUT2D eigenvalue weighted by Crippen LogP contribution is -2.15. The van der Waals surface area contributed by atoms with Gasteiger partial charge in [-0.3, -0.25) is 4.57 Å². The maximum absolute atomic E-state index is 14.5. The second kappa shape index (κ2) is 10.4. The summed E-state index contributed by atoms with van der Waals surface area (Å²) in [5.41, 5.74) is 4.73. The highest BCUT2D eigenvalue weighted by Gasteiger charge is 2.30. The summed E-state index contributed by atoms with van der Waals surface area (Å²) in [4.78, 5) is 5.03. The average molecular weight is 548 g/mol. The van der Waals surface area contributed by atoms with E-state index in [4.69, 9.17) is 44.5 Å². The minimum Gasteiger partial charge on any atom is -0.495 e. The molecule has 0 saturated carbocycles. The Hall–Kier alpha value is -2.18. The van der Waals surface area contributed by atoms with Gasteiger partial charge >= 0.3 is 0 Å². The fraction of sp³-hybridized carbons (Fsp3) is 0.222. The molecule has 1 aliphatic rings. The summed E-state index contributed by atoms with van der Waals surface area (Å²) in [6.07, 6.45) is 2.87. The Kier molecular flexibility index (Phi) is 7.31. The SMILES string of the molecule is COc1cc(C2CCCc3nc(SCc4c(F)cccc4Cl)n(-c4ccc(Cl)cc4)c32)ccc1Cl.